The lowest BCUT2D eigenvalue weighted by atomic mass is 10.2. The van der Waals surface area contributed by atoms with E-state index in [9.17, 15) is 4.79 Å². The number of amides is 1. The number of hydrogen-bond acceptors (Lipinski definition) is 3. The average Bonchev–Trinajstić information content (AvgIpc) is 2.98. The van der Waals surface area contributed by atoms with Crippen molar-refractivity contribution in [3.05, 3.63) is 29.7 Å². The first-order valence-electron chi connectivity index (χ1n) is 6.36. The first kappa shape index (κ1) is 11.2. The number of hydrogen-bond donors (Lipinski definition) is 1. The Bertz CT molecular complexity index is 584. The van der Waals surface area contributed by atoms with Crippen LogP contribution in [-0.4, -0.2) is 26.5 Å². The number of fused-ring (bicyclic) bond motifs is 1. The number of aromatic nitrogens is 3. The summed E-state index contributed by atoms with van der Waals surface area (Å²) < 4.78 is 1.73. The summed E-state index contributed by atoms with van der Waals surface area (Å²) in [6, 6.07) is 3.91. The van der Waals surface area contributed by atoms with Crippen molar-refractivity contribution in [3.63, 3.8) is 0 Å². The molecular formula is C13H16N4O. The van der Waals surface area contributed by atoms with Crippen LogP contribution in [0.4, 0.5) is 0 Å². The van der Waals surface area contributed by atoms with Crippen molar-refractivity contribution < 1.29 is 4.79 Å². The normalized spacial score (nSPS) is 16.3. The highest BCUT2D eigenvalue weighted by Crippen LogP contribution is 2.18. The molecular weight excluding hydrogens is 228 g/mol. The van der Waals surface area contributed by atoms with E-state index in [1.807, 2.05) is 6.92 Å². The van der Waals surface area contributed by atoms with Crippen molar-refractivity contribution in [3.8, 4) is 0 Å². The van der Waals surface area contributed by atoms with Gasteiger partial charge < -0.3 is 5.32 Å². The Labute approximate surface area is 105 Å². The number of aryl methyl sites for hydroxylation is 1. The van der Waals surface area contributed by atoms with Crippen LogP contribution in [0.5, 0.6) is 0 Å². The third-order valence-electron chi connectivity index (χ3n) is 3.46. The second-order valence-electron chi connectivity index (χ2n) is 4.84. The van der Waals surface area contributed by atoms with Crippen LogP contribution >= 0.6 is 0 Å². The van der Waals surface area contributed by atoms with Crippen LogP contribution in [0.15, 0.2) is 18.3 Å². The predicted octanol–water partition coefficient (Wildman–Crippen LogP) is 1.71. The minimum absolute atomic E-state index is 0.0753. The zero-order valence-corrected chi connectivity index (χ0v) is 10.4. The Balaban J connectivity index is 1.86. The first-order valence-corrected chi connectivity index (χ1v) is 6.36. The number of carbonyl (C=O) groups excluding carboxylic acids is 1. The molecule has 18 heavy (non-hydrogen) atoms. The quantitative estimate of drug-likeness (QED) is 0.874. The zero-order chi connectivity index (χ0) is 12.5. The third-order valence-corrected chi connectivity index (χ3v) is 3.46. The molecule has 1 amide bonds. The predicted molar refractivity (Wildman–Crippen MR) is 67.4 cm³/mol. The minimum Gasteiger partial charge on any atom is -0.348 e. The van der Waals surface area contributed by atoms with Crippen LogP contribution in [0.1, 0.15) is 41.9 Å². The van der Waals surface area contributed by atoms with E-state index in [1.165, 1.54) is 12.8 Å². The molecule has 0 bridgehead atoms. The van der Waals surface area contributed by atoms with E-state index in [0.29, 0.717) is 17.4 Å². The Hall–Kier alpha value is -1.91. The summed E-state index contributed by atoms with van der Waals surface area (Å²) in [6.45, 7) is 1.92. The van der Waals surface area contributed by atoms with Crippen LogP contribution in [0, 0.1) is 6.92 Å². The maximum absolute atomic E-state index is 12.1. The summed E-state index contributed by atoms with van der Waals surface area (Å²) in [5.74, 6) is -0.0753. The zero-order valence-electron chi connectivity index (χ0n) is 10.4. The minimum atomic E-state index is -0.0753. The van der Waals surface area contributed by atoms with Crippen molar-refractivity contribution in [2.45, 2.75) is 38.6 Å². The van der Waals surface area contributed by atoms with E-state index < -0.39 is 0 Å². The van der Waals surface area contributed by atoms with E-state index in [0.717, 1.165) is 18.5 Å². The van der Waals surface area contributed by atoms with Crippen LogP contribution in [0.2, 0.25) is 0 Å². The summed E-state index contributed by atoms with van der Waals surface area (Å²) >= 11 is 0. The molecule has 1 saturated carbocycles. The van der Waals surface area contributed by atoms with E-state index in [-0.39, 0.29) is 5.91 Å². The maximum atomic E-state index is 12.1. The molecule has 2 heterocycles. The van der Waals surface area contributed by atoms with Crippen LogP contribution < -0.4 is 5.32 Å². The lowest BCUT2D eigenvalue weighted by Crippen LogP contribution is -2.33. The topological polar surface area (TPSA) is 59.3 Å². The van der Waals surface area contributed by atoms with Gasteiger partial charge in [0.1, 0.15) is 5.69 Å². The van der Waals surface area contributed by atoms with Gasteiger partial charge in [-0.1, -0.05) is 12.8 Å². The van der Waals surface area contributed by atoms with Gasteiger partial charge in [0.25, 0.3) is 5.91 Å². The van der Waals surface area contributed by atoms with Gasteiger partial charge in [0.15, 0.2) is 5.65 Å². The number of rotatable bonds is 2. The molecule has 0 saturated heterocycles. The molecule has 94 valence electrons. The monoisotopic (exact) mass is 244 g/mol. The fourth-order valence-corrected chi connectivity index (χ4v) is 2.51. The van der Waals surface area contributed by atoms with E-state index in [1.54, 1.807) is 22.8 Å². The third kappa shape index (κ3) is 1.96. The second-order valence-corrected chi connectivity index (χ2v) is 4.84. The summed E-state index contributed by atoms with van der Waals surface area (Å²) in [6.07, 6.45) is 6.27. The Kier molecular flexibility index (Phi) is 2.74. The molecule has 5 heteroatoms. The Morgan fingerprint density at radius 3 is 3.00 bits per heavy atom. The number of carbonyl (C=O) groups is 1. The van der Waals surface area contributed by atoms with Gasteiger partial charge >= 0.3 is 0 Å². The fourth-order valence-electron chi connectivity index (χ4n) is 2.51. The largest absolute Gasteiger partial charge is 0.348 e. The molecule has 1 aliphatic carbocycles. The molecule has 3 rings (SSSR count). The highest BCUT2D eigenvalue weighted by atomic mass is 16.1. The first-order chi connectivity index (χ1) is 8.74. The molecule has 0 atom stereocenters. The molecule has 5 nitrogen and oxygen atoms in total. The van der Waals surface area contributed by atoms with Crippen molar-refractivity contribution >= 4 is 11.6 Å². The van der Waals surface area contributed by atoms with E-state index >= 15 is 0 Å². The van der Waals surface area contributed by atoms with Gasteiger partial charge in [0.2, 0.25) is 0 Å². The highest BCUT2D eigenvalue weighted by molar-refractivity contribution is 5.93. The van der Waals surface area contributed by atoms with E-state index in [2.05, 4.69) is 15.4 Å². The summed E-state index contributed by atoms with van der Waals surface area (Å²) in [5.41, 5.74) is 2.11. The molecule has 2 aromatic rings. The van der Waals surface area contributed by atoms with Crippen molar-refractivity contribution in [1.29, 1.82) is 0 Å². The van der Waals surface area contributed by atoms with Gasteiger partial charge in [-0.3, -0.25) is 4.79 Å². The second kappa shape index (κ2) is 4.40. The molecule has 1 fully saturated rings. The molecule has 0 radical (unpaired) electrons. The number of nitrogens with zero attached hydrogens (tertiary/aromatic N) is 3. The average molecular weight is 244 g/mol. The Morgan fingerprint density at radius 1 is 1.44 bits per heavy atom. The molecule has 2 aromatic heterocycles. The van der Waals surface area contributed by atoms with Crippen molar-refractivity contribution in [1.82, 2.24) is 19.9 Å². The summed E-state index contributed by atoms with van der Waals surface area (Å²) in [7, 11) is 0. The Morgan fingerprint density at radius 2 is 2.22 bits per heavy atom. The van der Waals surface area contributed by atoms with Gasteiger partial charge in [-0.05, 0) is 25.8 Å². The van der Waals surface area contributed by atoms with Gasteiger partial charge in [0, 0.05) is 17.8 Å². The van der Waals surface area contributed by atoms with Crippen molar-refractivity contribution in [2.75, 3.05) is 0 Å². The van der Waals surface area contributed by atoms with Gasteiger partial charge in [-0.15, -0.1) is 0 Å². The standard InChI is InChI=1S/C13H16N4O/c1-9-8-11(16-12-6-7-14-17(9)12)13(18)15-10-4-2-3-5-10/h6-8,10H,2-5H2,1H3,(H,15,18). The molecule has 0 spiro atoms. The lowest BCUT2D eigenvalue weighted by molar-refractivity contribution is 0.0933. The molecule has 0 aliphatic heterocycles. The highest BCUT2D eigenvalue weighted by Gasteiger charge is 2.19. The van der Waals surface area contributed by atoms with Crippen LogP contribution in [-0.2, 0) is 0 Å². The van der Waals surface area contributed by atoms with E-state index in [4.69, 9.17) is 0 Å². The van der Waals surface area contributed by atoms with Gasteiger partial charge in [-0.2, -0.15) is 5.10 Å². The SMILES string of the molecule is Cc1cc(C(=O)NC2CCCC2)nc2ccnn12. The maximum Gasteiger partial charge on any atom is 0.270 e. The molecule has 0 aromatic carbocycles. The lowest BCUT2D eigenvalue weighted by Gasteiger charge is -2.11. The van der Waals surface area contributed by atoms with Crippen LogP contribution in [0.25, 0.3) is 5.65 Å². The molecule has 0 unspecified atom stereocenters. The summed E-state index contributed by atoms with van der Waals surface area (Å²) in [5, 5.41) is 7.19. The number of nitrogens with one attached hydrogen (secondary N) is 1. The molecule has 1 aliphatic rings. The summed E-state index contributed by atoms with van der Waals surface area (Å²) in [4.78, 5) is 16.4. The van der Waals surface area contributed by atoms with Gasteiger partial charge in [0.05, 0.1) is 6.20 Å². The molecule has 1 N–H and O–H groups in total. The smallest absolute Gasteiger partial charge is 0.270 e. The van der Waals surface area contributed by atoms with Crippen molar-refractivity contribution in [2.24, 2.45) is 0 Å². The fraction of sp³-hybridized carbons (Fsp3) is 0.462. The van der Waals surface area contributed by atoms with Gasteiger partial charge in [-0.25, -0.2) is 9.50 Å². The van der Waals surface area contributed by atoms with Crippen LogP contribution in [0.3, 0.4) is 0 Å².